The van der Waals surface area contributed by atoms with Crippen LogP contribution in [0.25, 0.3) is 0 Å². The van der Waals surface area contributed by atoms with Gasteiger partial charge in [0, 0.05) is 17.8 Å². The Balaban J connectivity index is 1.97. The van der Waals surface area contributed by atoms with Crippen molar-refractivity contribution in [2.75, 3.05) is 11.9 Å². The van der Waals surface area contributed by atoms with Crippen LogP contribution in [0.1, 0.15) is 18.4 Å². The summed E-state index contributed by atoms with van der Waals surface area (Å²) in [7, 11) is 0. The Morgan fingerprint density at radius 2 is 2.41 bits per heavy atom. The average Bonchev–Trinajstić information content (AvgIpc) is 3.10. The first-order chi connectivity index (χ1) is 8.28. The van der Waals surface area contributed by atoms with Gasteiger partial charge in [0.25, 0.3) is 0 Å². The van der Waals surface area contributed by atoms with Gasteiger partial charge in [-0.05, 0) is 25.0 Å². The average molecular weight is 231 g/mol. The molecular formula is C12H13N3O2. The van der Waals surface area contributed by atoms with Crippen LogP contribution in [-0.2, 0) is 0 Å². The molecule has 0 bridgehead atoms. The summed E-state index contributed by atoms with van der Waals surface area (Å²) in [5.74, 6) is 5.74. The van der Waals surface area contributed by atoms with Crippen LogP contribution in [0.15, 0.2) is 18.3 Å². The van der Waals surface area contributed by atoms with Gasteiger partial charge in [0.1, 0.15) is 12.4 Å². The number of aliphatic hydroxyl groups is 1. The number of carbonyl (C=O) groups excluding carboxylic acids is 1. The Kier molecular flexibility index (Phi) is 3.58. The van der Waals surface area contributed by atoms with Crippen LogP contribution in [0, 0.1) is 11.8 Å². The minimum Gasteiger partial charge on any atom is -0.384 e. The van der Waals surface area contributed by atoms with Gasteiger partial charge in [0.2, 0.25) is 0 Å². The van der Waals surface area contributed by atoms with E-state index < -0.39 is 0 Å². The summed E-state index contributed by atoms with van der Waals surface area (Å²) in [6.07, 6.45) is 3.65. The van der Waals surface area contributed by atoms with Crippen LogP contribution >= 0.6 is 0 Å². The predicted octanol–water partition coefficient (Wildman–Crippen LogP) is 0.709. The fourth-order valence-electron chi connectivity index (χ4n) is 1.28. The van der Waals surface area contributed by atoms with E-state index in [1.54, 1.807) is 18.3 Å². The maximum absolute atomic E-state index is 11.4. The third-order valence-corrected chi connectivity index (χ3v) is 2.23. The first-order valence-electron chi connectivity index (χ1n) is 5.41. The van der Waals surface area contributed by atoms with Crippen LogP contribution < -0.4 is 10.6 Å². The molecule has 17 heavy (non-hydrogen) atoms. The van der Waals surface area contributed by atoms with Crippen molar-refractivity contribution < 1.29 is 9.90 Å². The van der Waals surface area contributed by atoms with Crippen LogP contribution in [0.3, 0.4) is 0 Å². The number of nitrogens with zero attached hydrogens (tertiary/aromatic N) is 1. The molecule has 3 N–H and O–H groups in total. The topological polar surface area (TPSA) is 74.2 Å². The number of aliphatic hydroxyl groups excluding tert-OH is 1. The normalized spacial score (nSPS) is 13.5. The first-order valence-corrected chi connectivity index (χ1v) is 5.41. The van der Waals surface area contributed by atoms with Crippen molar-refractivity contribution in [1.82, 2.24) is 10.3 Å². The number of rotatable bonds is 2. The van der Waals surface area contributed by atoms with E-state index in [0.29, 0.717) is 17.4 Å². The highest BCUT2D eigenvalue weighted by atomic mass is 16.2. The van der Waals surface area contributed by atoms with Gasteiger partial charge in [0.05, 0.1) is 0 Å². The van der Waals surface area contributed by atoms with Crippen molar-refractivity contribution in [2.45, 2.75) is 18.9 Å². The fourth-order valence-corrected chi connectivity index (χ4v) is 1.28. The molecule has 0 saturated heterocycles. The minimum atomic E-state index is -0.243. The summed E-state index contributed by atoms with van der Waals surface area (Å²) in [4.78, 5) is 15.5. The number of hydrogen-bond donors (Lipinski definition) is 3. The van der Waals surface area contributed by atoms with Gasteiger partial charge in [-0.25, -0.2) is 9.78 Å². The summed E-state index contributed by atoms with van der Waals surface area (Å²) in [6.45, 7) is -0.187. The Morgan fingerprint density at radius 3 is 3.12 bits per heavy atom. The second-order valence-corrected chi connectivity index (χ2v) is 3.76. The molecule has 1 aromatic heterocycles. The zero-order valence-electron chi connectivity index (χ0n) is 9.23. The van der Waals surface area contributed by atoms with Gasteiger partial charge >= 0.3 is 6.03 Å². The molecule has 1 aliphatic carbocycles. The highest BCUT2D eigenvalue weighted by molar-refractivity contribution is 5.88. The van der Waals surface area contributed by atoms with Gasteiger partial charge < -0.3 is 10.4 Å². The molecule has 1 fully saturated rings. The molecule has 2 rings (SSSR count). The third kappa shape index (κ3) is 3.78. The molecule has 0 aliphatic heterocycles. The molecule has 0 unspecified atom stereocenters. The molecule has 0 aromatic carbocycles. The molecule has 5 nitrogen and oxygen atoms in total. The number of nitrogens with one attached hydrogen (secondary N) is 2. The molecule has 2 amide bonds. The van der Waals surface area contributed by atoms with Crippen LogP contribution in [0.5, 0.6) is 0 Å². The van der Waals surface area contributed by atoms with Crippen LogP contribution in [0.4, 0.5) is 10.6 Å². The first kappa shape index (κ1) is 11.4. The van der Waals surface area contributed by atoms with E-state index in [9.17, 15) is 4.79 Å². The van der Waals surface area contributed by atoms with E-state index in [1.807, 2.05) is 0 Å². The predicted molar refractivity (Wildman–Crippen MR) is 63.4 cm³/mol. The van der Waals surface area contributed by atoms with Crippen molar-refractivity contribution in [3.63, 3.8) is 0 Å². The van der Waals surface area contributed by atoms with Crippen molar-refractivity contribution in [3.05, 3.63) is 23.9 Å². The zero-order valence-corrected chi connectivity index (χ0v) is 9.23. The largest absolute Gasteiger partial charge is 0.384 e. The lowest BCUT2D eigenvalue weighted by Gasteiger charge is -2.05. The van der Waals surface area contributed by atoms with Gasteiger partial charge in [-0.1, -0.05) is 11.8 Å². The summed E-state index contributed by atoms with van der Waals surface area (Å²) < 4.78 is 0. The lowest BCUT2D eigenvalue weighted by molar-refractivity contribution is 0.251. The Bertz CT molecular complexity index is 472. The summed E-state index contributed by atoms with van der Waals surface area (Å²) >= 11 is 0. The minimum absolute atomic E-state index is 0.187. The second kappa shape index (κ2) is 5.32. The quantitative estimate of drug-likeness (QED) is 0.656. The molecule has 5 heteroatoms. The highest BCUT2D eigenvalue weighted by Gasteiger charge is 2.23. The molecule has 0 spiro atoms. The monoisotopic (exact) mass is 231 g/mol. The van der Waals surface area contributed by atoms with Crippen LogP contribution in [0.2, 0.25) is 0 Å². The Labute approximate surface area is 99.3 Å². The van der Waals surface area contributed by atoms with E-state index in [1.165, 1.54) is 0 Å². The lowest BCUT2D eigenvalue weighted by atomic mass is 10.2. The van der Waals surface area contributed by atoms with Gasteiger partial charge in [-0.2, -0.15) is 0 Å². The van der Waals surface area contributed by atoms with Gasteiger partial charge in [0.15, 0.2) is 0 Å². The number of carbonyl (C=O) groups is 1. The lowest BCUT2D eigenvalue weighted by Crippen LogP contribution is -2.30. The van der Waals surface area contributed by atoms with E-state index in [2.05, 4.69) is 27.5 Å². The SMILES string of the molecule is O=C(Nc1cc(C#CCO)ccn1)NC1CC1. The van der Waals surface area contributed by atoms with E-state index in [0.717, 1.165) is 12.8 Å². The number of hydrogen-bond acceptors (Lipinski definition) is 3. The van der Waals surface area contributed by atoms with Crippen molar-refractivity contribution >= 4 is 11.8 Å². The summed E-state index contributed by atoms with van der Waals surface area (Å²) in [5, 5.41) is 14.0. The van der Waals surface area contributed by atoms with E-state index >= 15 is 0 Å². The summed E-state index contributed by atoms with van der Waals surface area (Å²) in [6, 6.07) is 3.45. The molecular weight excluding hydrogens is 218 g/mol. The Morgan fingerprint density at radius 1 is 1.59 bits per heavy atom. The smallest absolute Gasteiger partial charge is 0.320 e. The molecule has 1 aromatic rings. The highest BCUT2D eigenvalue weighted by Crippen LogP contribution is 2.18. The number of aromatic nitrogens is 1. The molecule has 0 radical (unpaired) electrons. The third-order valence-electron chi connectivity index (χ3n) is 2.23. The summed E-state index contributed by atoms with van der Waals surface area (Å²) in [5.41, 5.74) is 0.704. The van der Waals surface area contributed by atoms with Crippen LogP contribution in [-0.4, -0.2) is 28.8 Å². The zero-order chi connectivity index (χ0) is 12.1. The number of amides is 2. The number of anilines is 1. The van der Waals surface area contributed by atoms with Gasteiger partial charge in [-0.15, -0.1) is 0 Å². The van der Waals surface area contributed by atoms with Crippen molar-refractivity contribution in [3.8, 4) is 11.8 Å². The van der Waals surface area contributed by atoms with Crippen molar-refractivity contribution in [1.29, 1.82) is 0 Å². The number of pyridine rings is 1. The molecule has 88 valence electrons. The van der Waals surface area contributed by atoms with Gasteiger partial charge in [-0.3, -0.25) is 5.32 Å². The number of urea groups is 1. The molecule has 1 aliphatic rings. The van der Waals surface area contributed by atoms with E-state index in [4.69, 9.17) is 5.11 Å². The van der Waals surface area contributed by atoms with Crippen molar-refractivity contribution in [2.24, 2.45) is 0 Å². The maximum atomic E-state index is 11.4. The Hall–Kier alpha value is -2.06. The maximum Gasteiger partial charge on any atom is 0.320 e. The molecule has 0 atom stereocenters. The fraction of sp³-hybridized carbons (Fsp3) is 0.333. The molecule has 1 saturated carbocycles. The standard InChI is InChI=1S/C12H13N3O2/c16-7-1-2-9-5-6-13-11(8-9)15-12(17)14-10-3-4-10/h5-6,8,10,16H,3-4,7H2,(H2,13,14,15,17). The molecule has 1 heterocycles. The second-order valence-electron chi connectivity index (χ2n) is 3.76. The van der Waals surface area contributed by atoms with E-state index in [-0.39, 0.29) is 12.6 Å².